The van der Waals surface area contributed by atoms with Crippen molar-refractivity contribution in [3.8, 4) is 5.75 Å². The molecule has 2 heterocycles. The molecule has 0 saturated carbocycles. The van der Waals surface area contributed by atoms with Crippen molar-refractivity contribution in [3.63, 3.8) is 0 Å². The number of nitrogens with zero attached hydrogens (tertiary/aromatic N) is 2. The van der Waals surface area contributed by atoms with Crippen LogP contribution in [0.1, 0.15) is 22.7 Å². The fourth-order valence-corrected chi connectivity index (χ4v) is 3.97. The van der Waals surface area contributed by atoms with Crippen molar-refractivity contribution < 1.29 is 19.4 Å². The van der Waals surface area contributed by atoms with Gasteiger partial charge in [0.05, 0.1) is 28.8 Å². The van der Waals surface area contributed by atoms with Crippen molar-refractivity contribution in [2.75, 3.05) is 7.11 Å². The van der Waals surface area contributed by atoms with Crippen LogP contribution in [0.15, 0.2) is 72.6 Å². The average molecular weight is 469 g/mol. The summed E-state index contributed by atoms with van der Waals surface area (Å²) in [6.45, 7) is 0.150. The van der Waals surface area contributed by atoms with E-state index in [2.05, 4.69) is 4.98 Å². The number of ether oxygens (including phenoxy) is 1. The summed E-state index contributed by atoms with van der Waals surface area (Å²) >= 11 is 12.3. The van der Waals surface area contributed by atoms with Crippen molar-refractivity contribution in [2.45, 2.75) is 12.6 Å². The van der Waals surface area contributed by atoms with Crippen LogP contribution in [0.25, 0.3) is 5.76 Å². The summed E-state index contributed by atoms with van der Waals surface area (Å²) in [6.07, 6.45) is 3.22. The standard InChI is InChI=1S/C24H18Cl2N2O4/c1-32-17-5-2-15(3-6-17)22(29)20-21(16-4-7-18(25)19(26)12-16)28(24(31)23(20)30)13-14-8-10-27-11-9-14/h2-12,21,29H,13H2,1H3. The molecule has 1 atom stereocenters. The number of ketones is 1. The van der Waals surface area contributed by atoms with Gasteiger partial charge >= 0.3 is 0 Å². The van der Waals surface area contributed by atoms with Crippen molar-refractivity contribution in [3.05, 3.63) is 99.3 Å². The second-order valence-electron chi connectivity index (χ2n) is 7.18. The Bertz CT molecular complexity index is 1210. The third-order valence-corrected chi connectivity index (χ3v) is 6.00. The number of aliphatic hydroxyl groups is 1. The highest BCUT2D eigenvalue weighted by Gasteiger charge is 2.46. The number of benzene rings is 2. The molecular formula is C24H18Cl2N2O4. The number of aliphatic hydroxyl groups excluding tert-OH is 1. The Morgan fingerprint density at radius 3 is 2.34 bits per heavy atom. The lowest BCUT2D eigenvalue weighted by molar-refractivity contribution is -0.140. The molecule has 0 radical (unpaired) electrons. The van der Waals surface area contributed by atoms with Crippen LogP contribution >= 0.6 is 23.2 Å². The molecule has 1 N–H and O–H groups in total. The normalized spacial score (nSPS) is 17.6. The van der Waals surface area contributed by atoms with E-state index in [-0.39, 0.29) is 22.9 Å². The third kappa shape index (κ3) is 4.07. The molecule has 1 aliphatic rings. The molecule has 0 aliphatic carbocycles. The summed E-state index contributed by atoms with van der Waals surface area (Å²) in [5.74, 6) is -1.17. The van der Waals surface area contributed by atoms with Gasteiger partial charge in [-0.25, -0.2) is 0 Å². The van der Waals surface area contributed by atoms with Gasteiger partial charge in [-0.1, -0.05) is 29.3 Å². The monoisotopic (exact) mass is 468 g/mol. The smallest absolute Gasteiger partial charge is 0.295 e. The SMILES string of the molecule is COc1ccc(C(O)=C2C(=O)C(=O)N(Cc3ccncc3)C2c2ccc(Cl)c(Cl)c2)cc1. The molecule has 4 rings (SSSR count). The van der Waals surface area contributed by atoms with Crippen molar-refractivity contribution in [1.29, 1.82) is 0 Å². The van der Waals surface area contributed by atoms with E-state index in [0.717, 1.165) is 5.56 Å². The van der Waals surface area contributed by atoms with Crippen LogP contribution in [0.5, 0.6) is 5.75 Å². The largest absolute Gasteiger partial charge is 0.507 e. The summed E-state index contributed by atoms with van der Waals surface area (Å²) in [5.41, 5.74) is 1.71. The number of hydrogen-bond acceptors (Lipinski definition) is 5. The highest BCUT2D eigenvalue weighted by Crippen LogP contribution is 2.41. The number of likely N-dealkylation sites (tertiary alicyclic amines) is 1. The van der Waals surface area contributed by atoms with Gasteiger partial charge in [0.2, 0.25) is 0 Å². The Kier molecular flexibility index (Phi) is 6.17. The van der Waals surface area contributed by atoms with Crippen LogP contribution in [0.4, 0.5) is 0 Å². The van der Waals surface area contributed by atoms with Crippen molar-refractivity contribution in [2.24, 2.45) is 0 Å². The average Bonchev–Trinajstić information content (AvgIpc) is 3.06. The molecule has 0 spiro atoms. The van der Waals surface area contributed by atoms with Crippen molar-refractivity contribution >= 4 is 40.7 Å². The van der Waals surface area contributed by atoms with E-state index < -0.39 is 17.7 Å². The van der Waals surface area contributed by atoms with Gasteiger partial charge in [-0.05, 0) is 59.7 Å². The molecule has 1 unspecified atom stereocenters. The lowest BCUT2D eigenvalue weighted by Gasteiger charge is -2.25. The first-order valence-corrected chi connectivity index (χ1v) is 10.4. The highest BCUT2D eigenvalue weighted by molar-refractivity contribution is 6.46. The Labute approximate surface area is 194 Å². The molecular weight excluding hydrogens is 451 g/mol. The Morgan fingerprint density at radius 2 is 1.72 bits per heavy atom. The first-order valence-electron chi connectivity index (χ1n) is 9.67. The Morgan fingerprint density at radius 1 is 1.03 bits per heavy atom. The molecule has 1 aliphatic heterocycles. The number of hydrogen-bond donors (Lipinski definition) is 1. The number of aromatic nitrogens is 1. The summed E-state index contributed by atoms with van der Waals surface area (Å²) in [4.78, 5) is 31.5. The fraction of sp³-hybridized carbons (Fsp3) is 0.125. The van der Waals surface area contributed by atoms with Gasteiger partial charge in [0.15, 0.2) is 0 Å². The van der Waals surface area contributed by atoms with E-state index in [0.29, 0.717) is 21.9 Å². The van der Waals surface area contributed by atoms with E-state index in [1.165, 1.54) is 12.0 Å². The van der Waals surface area contributed by atoms with Crippen LogP contribution in [-0.2, 0) is 16.1 Å². The number of halogens is 2. The molecule has 0 bridgehead atoms. The zero-order chi connectivity index (χ0) is 22.8. The van der Waals surface area contributed by atoms with Crippen LogP contribution in [0, 0.1) is 0 Å². The number of carbonyl (C=O) groups excluding carboxylic acids is 2. The zero-order valence-electron chi connectivity index (χ0n) is 17.0. The fourth-order valence-electron chi connectivity index (χ4n) is 3.66. The molecule has 2 aromatic carbocycles. The van der Waals surface area contributed by atoms with Gasteiger partial charge in [-0.3, -0.25) is 14.6 Å². The molecule has 6 nitrogen and oxygen atoms in total. The minimum atomic E-state index is -0.847. The van der Waals surface area contributed by atoms with E-state index in [9.17, 15) is 14.7 Å². The van der Waals surface area contributed by atoms with Crippen LogP contribution in [0.2, 0.25) is 10.0 Å². The zero-order valence-corrected chi connectivity index (χ0v) is 18.5. The maximum atomic E-state index is 13.1. The first-order chi connectivity index (χ1) is 15.4. The van der Waals surface area contributed by atoms with E-state index in [4.69, 9.17) is 27.9 Å². The molecule has 3 aromatic rings. The summed E-state index contributed by atoms with van der Waals surface area (Å²) in [5, 5.41) is 11.7. The van der Waals surface area contributed by atoms with Crippen LogP contribution in [-0.4, -0.2) is 33.8 Å². The number of amides is 1. The molecule has 8 heteroatoms. The Balaban J connectivity index is 1.86. The molecule has 162 valence electrons. The number of methoxy groups -OCH3 is 1. The van der Waals surface area contributed by atoms with Gasteiger partial charge in [-0.2, -0.15) is 0 Å². The minimum absolute atomic E-state index is 0.0207. The van der Waals surface area contributed by atoms with Gasteiger partial charge < -0.3 is 14.7 Å². The minimum Gasteiger partial charge on any atom is -0.507 e. The number of carbonyl (C=O) groups is 2. The summed E-state index contributed by atoms with van der Waals surface area (Å²) < 4.78 is 5.15. The number of pyridine rings is 1. The quantitative estimate of drug-likeness (QED) is 0.323. The van der Waals surface area contributed by atoms with Crippen LogP contribution < -0.4 is 4.74 Å². The lowest BCUT2D eigenvalue weighted by atomic mass is 9.95. The maximum Gasteiger partial charge on any atom is 0.295 e. The van der Waals surface area contributed by atoms with Gasteiger partial charge in [0.1, 0.15) is 11.5 Å². The van der Waals surface area contributed by atoms with Crippen molar-refractivity contribution in [1.82, 2.24) is 9.88 Å². The Hall–Kier alpha value is -3.35. The molecule has 1 fully saturated rings. The second-order valence-corrected chi connectivity index (χ2v) is 8.00. The first kappa shape index (κ1) is 21.9. The predicted molar refractivity (Wildman–Crippen MR) is 122 cm³/mol. The molecule has 1 amide bonds. The number of Topliss-reactive ketones (excluding diaryl/α,β-unsaturated/α-hetero) is 1. The van der Waals surface area contributed by atoms with Gasteiger partial charge in [0, 0.05) is 24.5 Å². The van der Waals surface area contributed by atoms with Crippen LogP contribution in [0.3, 0.4) is 0 Å². The predicted octanol–water partition coefficient (Wildman–Crippen LogP) is 5.02. The lowest BCUT2D eigenvalue weighted by Crippen LogP contribution is -2.29. The van der Waals surface area contributed by atoms with Gasteiger partial charge in [-0.15, -0.1) is 0 Å². The highest BCUT2D eigenvalue weighted by atomic mass is 35.5. The third-order valence-electron chi connectivity index (χ3n) is 5.27. The summed E-state index contributed by atoms with van der Waals surface area (Å²) in [6, 6.07) is 14.1. The van der Waals surface area contributed by atoms with E-state index in [1.807, 2.05) is 0 Å². The van der Waals surface area contributed by atoms with Gasteiger partial charge in [0.25, 0.3) is 11.7 Å². The molecule has 1 aromatic heterocycles. The van der Waals surface area contributed by atoms with E-state index in [1.54, 1.807) is 67.0 Å². The van der Waals surface area contributed by atoms with E-state index >= 15 is 0 Å². The second kappa shape index (κ2) is 9.02. The number of rotatable bonds is 5. The molecule has 1 saturated heterocycles. The topological polar surface area (TPSA) is 79.7 Å². The summed E-state index contributed by atoms with van der Waals surface area (Å²) in [7, 11) is 1.53. The maximum absolute atomic E-state index is 13.1. The molecule has 32 heavy (non-hydrogen) atoms.